The molecule has 1 heterocycles. The summed E-state index contributed by atoms with van der Waals surface area (Å²) >= 11 is 1.47. The molecule has 0 aliphatic carbocycles. The summed E-state index contributed by atoms with van der Waals surface area (Å²) in [6.45, 7) is 2.76. The summed E-state index contributed by atoms with van der Waals surface area (Å²) in [5.74, 6) is -2.98. The number of para-hydroxylation sites is 1. The molecule has 0 aliphatic heterocycles. The Morgan fingerprint density at radius 1 is 1.03 bits per heavy atom. The van der Waals surface area contributed by atoms with E-state index in [-0.39, 0.29) is 18.8 Å². The van der Waals surface area contributed by atoms with Crippen molar-refractivity contribution in [1.82, 2.24) is 20.9 Å². The maximum absolute atomic E-state index is 13.2. The van der Waals surface area contributed by atoms with Crippen molar-refractivity contribution in [3.63, 3.8) is 0 Å². The van der Waals surface area contributed by atoms with Gasteiger partial charge in [0.15, 0.2) is 0 Å². The molecule has 0 spiro atoms. The number of aliphatic hydroxyl groups excluding tert-OH is 1. The molecule has 0 saturated carbocycles. The van der Waals surface area contributed by atoms with Gasteiger partial charge >= 0.3 is 5.97 Å². The van der Waals surface area contributed by atoms with Gasteiger partial charge in [-0.05, 0) is 36.0 Å². The van der Waals surface area contributed by atoms with E-state index in [0.717, 1.165) is 16.5 Å². The molecular formula is C24H35N5O6S. The van der Waals surface area contributed by atoms with Crippen LogP contribution in [0.25, 0.3) is 10.9 Å². The number of nitrogens with two attached hydrogens (primary N) is 1. The van der Waals surface area contributed by atoms with Gasteiger partial charge in [-0.3, -0.25) is 14.4 Å². The number of fused-ring (bicyclic) bond motifs is 1. The number of aromatic nitrogens is 1. The highest BCUT2D eigenvalue weighted by atomic mass is 32.2. The van der Waals surface area contributed by atoms with Gasteiger partial charge in [-0.1, -0.05) is 32.0 Å². The summed E-state index contributed by atoms with van der Waals surface area (Å²) in [4.78, 5) is 53.5. The number of hydrogen-bond donors (Lipinski definition) is 7. The molecule has 11 nitrogen and oxygen atoms in total. The molecule has 2 aromatic rings. The van der Waals surface area contributed by atoms with Gasteiger partial charge in [-0.15, -0.1) is 0 Å². The molecule has 0 saturated heterocycles. The fraction of sp³-hybridized carbons (Fsp3) is 0.500. The van der Waals surface area contributed by atoms with Crippen LogP contribution in [-0.2, 0) is 25.6 Å². The van der Waals surface area contributed by atoms with Crippen molar-refractivity contribution in [1.29, 1.82) is 0 Å². The Labute approximate surface area is 214 Å². The van der Waals surface area contributed by atoms with E-state index in [1.807, 2.05) is 30.5 Å². The molecule has 8 N–H and O–H groups in total. The molecule has 0 aliphatic rings. The topological polar surface area (TPSA) is 187 Å². The summed E-state index contributed by atoms with van der Waals surface area (Å²) in [6, 6.07) is 3.03. The number of H-pyrrole nitrogens is 1. The second kappa shape index (κ2) is 13.9. The van der Waals surface area contributed by atoms with E-state index in [1.54, 1.807) is 20.0 Å². The van der Waals surface area contributed by atoms with Gasteiger partial charge in [0, 0.05) is 23.5 Å². The number of carboxylic acid groups (broad SMARTS) is 1. The molecule has 1 aromatic carbocycles. The normalized spacial score (nSPS) is 14.6. The van der Waals surface area contributed by atoms with Gasteiger partial charge in [0.1, 0.15) is 24.2 Å². The number of carbonyl (C=O) groups excluding carboxylic acids is 3. The van der Waals surface area contributed by atoms with Crippen LogP contribution in [0, 0.1) is 5.92 Å². The third kappa shape index (κ3) is 7.97. The van der Waals surface area contributed by atoms with Crippen LogP contribution in [0.15, 0.2) is 30.5 Å². The van der Waals surface area contributed by atoms with Crippen LogP contribution >= 0.6 is 11.8 Å². The average molecular weight is 522 g/mol. The number of hydrogen-bond acceptors (Lipinski definition) is 7. The first kappa shape index (κ1) is 29.1. The molecule has 4 unspecified atom stereocenters. The van der Waals surface area contributed by atoms with Crippen LogP contribution in [0.5, 0.6) is 0 Å². The number of benzene rings is 1. The lowest BCUT2D eigenvalue weighted by Gasteiger charge is -2.26. The first-order chi connectivity index (χ1) is 17.1. The number of rotatable bonds is 14. The van der Waals surface area contributed by atoms with Gasteiger partial charge < -0.3 is 36.9 Å². The van der Waals surface area contributed by atoms with Gasteiger partial charge in [-0.2, -0.15) is 11.8 Å². The summed E-state index contributed by atoms with van der Waals surface area (Å²) in [7, 11) is 0. The Hall–Kier alpha value is -3.09. The van der Waals surface area contributed by atoms with Crippen molar-refractivity contribution in [2.75, 3.05) is 18.6 Å². The lowest BCUT2D eigenvalue weighted by atomic mass is 10.0. The molecule has 198 valence electrons. The largest absolute Gasteiger partial charge is 0.480 e. The summed E-state index contributed by atoms with van der Waals surface area (Å²) in [6.07, 6.45) is 3.94. The van der Waals surface area contributed by atoms with Gasteiger partial charge in [0.05, 0.1) is 6.61 Å². The number of thioether (sulfide) groups is 1. The molecule has 0 bridgehead atoms. The highest BCUT2D eigenvalue weighted by molar-refractivity contribution is 7.98. The molecule has 36 heavy (non-hydrogen) atoms. The number of aliphatic hydroxyl groups is 1. The Bertz CT molecular complexity index is 1060. The third-order valence-corrected chi connectivity index (χ3v) is 6.38. The van der Waals surface area contributed by atoms with E-state index in [2.05, 4.69) is 20.9 Å². The molecule has 0 fully saturated rings. The number of aliphatic carboxylic acids is 1. The second-order valence-corrected chi connectivity index (χ2v) is 9.81. The van der Waals surface area contributed by atoms with Crippen molar-refractivity contribution in [3.05, 3.63) is 36.0 Å². The van der Waals surface area contributed by atoms with Crippen LogP contribution in [-0.4, -0.2) is 81.7 Å². The minimum atomic E-state index is -1.19. The first-order valence-corrected chi connectivity index (χ1v) is 13.0. The van der Waals surface area contributed by atoms with Crippen LogP contribution in [0.1, 0.15) is 25.8 Å². The summed E-state index contributed by atoms with van der Waals surface area (Å²) in [5.41, 5.74) is 7.19. The van der Waals surface area contributed by atoms with Crippen molar-refractivity contribution in [2.45, 2.75) is 50.9 Å². The van der Waals surface area contributed by atoms with Gasteiger partial charge in [0.2, 0.25) is 17.7 Å². The maximum atomic E-state index is 13.2. The highest BCUT2D eigenvalue weighted by Gasteiger charge is 2.31. The lowest BCUT2D eigenvalue weighted by Crippen LogP contribution is -2.58. The summed E-state index contributed by atoms with van der Waals surface area (Å²) < 4.78 is 0. The van der Waals surface area contributed by atoms with Crippen LogP contribution in [0.3, 0.4) is 0 Å². The van der Waals surface area contributed by atoms with E-state index in [4.69, 9.17) is 10.8 Å². The predicted molar refractivity (Wildman–Crippen MR) is 138 cm³/mol. The molecule has 4 atom stereocenters. The Balaban J connectivity index is 2.31. The minimum absolute atomic E-state index is 0.0887. The smallest absolute Gasteiger partial charge is 0.326 e. The monoisotopic (exact) mass is 521 g/mol. The molecular weight excluding hydrogens is 486 g/mol. The minimum Gasteiger partial charge on any atom is -0.480 e. The fourth-order valence-corrected chi connectivity index (χ4v) is 4.11. The Morgan fingerprint density at radius 3 is 2.28 bits per heavy atom. The zero-order valence-corrected chi connectivity index (χ0v) is 21.4. The SMILES string of the molecule is CSCCC(NC(=O)C(N)CO)C(=O)NC(Cc1c[nH]c2ccccc12)C(=O)NC(C(=O)O)C(C)C. The van der Waals surface area contributed by atoms with Crippen LogP contribution in [0.2, 0.25) is 0 Å². The standard InChI is InChI=1S/C24H35N5O6S/c1-13(2)20(24(34)35)29-23(33)19(10-14-11-26-17-7-5-4-6-15(14)17)28-22(32)18(8-9-36-3)27-21(31)16(25)12-30/h4-7,11,13,16,18-20,26,30H,8-10,12,25H2,1-3H3,(H,27,31)(H,28,32)(H,29,33)(H,34,35). The van der Waals surface area contributed by atoms with Crippen molar-refractivity contribution < 1.29 is 29.4 Å². The molecule has 2 rings (SSSR count). The molecule has 0 radical (unpaired) electrons. The van der Waals surface area contributed by atoms with E-state index in [1.165, 1.54) is 11.8 Å². The predicted octanol–water partition coefficient (Wildman–Crippen LogP) is -0.0219. The molecule has 12 heteroatoms. The average Bonchev–Trinajstić information content (AvgIpc) is 3.25. The lowest BCUT2D eigenvalue weighted by molar-refractivity contribution is -0.143. The van der Waals surface area contributed by atoms with Gasteiger partial charge in [0.25, 0.3) is 0 Å². The quantitative estimate of drug-likeness (QED) is 0.181. The number of aromatic amines is 1. The molecule has 3 amide bonds. The number of carboxylic acids is 1. The van der Waals surface area contributed by atoms with E-state index >= 15 is 0 Å². The van der Waals surface area contributed by atoms with Gasteiger partial charge in [-0.25, -0.2) is 4.79 Å². The maximum Gasteiger partial charge on any atom is 0.326 e. The number of amides is 3. The third-order valence-electron chi connectivity index (χ3n) is 5.74. The fourth-order valence-electron chi connectivity index (χ4n) is 3.64. The van der Waals surface area contributed by atoms with E-state index in [9.17, 15) is 24.3 Å². The second-order valence-electron chi connectivity index (χ2n) is 8.83. The molecule has 1 aromatic heterocycles. The van der Waals surface area contributed by atoms with Crippen molar-refractivity contribution in [3.8, 4) is 0 Å². The van der Waals surface area contributed by atoms with E-state index in [0.29, 0.717) is 5.75 Å². The zero-order valence-electron chi connectivity index (χ0n) is 20.6. The van der Waals surface area contributed by atoms with Crippen LogP contribution < -0.4 is 21.7 Å². The number of carbonyl (C=O) groups is 4. The summed E-state index contributed by atoms with van der Waals surface area (Å²) in [5, 5.41) is 27.3. The Kier molecular flexibility index (Phi) is 11.2. The Morgan fingerprint density at radius 2 is 1.67 bits per heavy atom. The van der Waals surface area contributed by atoms with Crippen LogP contribution in [0.4, 0.5) is 0 Å². The van der Waals surface area contributed by atoms with Crippen molar-refractivity contribution in [2.24, 2.45) is 11.7 Å². The number of nitrogens with one attached hydrogen (secondary N) is 4. The highest BCUT2D eigenvalue weighted by Crippen LogP contribution is 2.19. The van der Waals surface area contributed by atoms with Crippen molar-refractivity contribution >= 4 is 46.4 Å². The van der Waals surface area contributed by atoms with E-state index < -0.39 is 54.5 Å². The first-order valence-electron chi connectivity index (χ1n) is 11.6. The zero-order chi connectivity index (χ0) is 26.8.